The van der Waals surface area contributed by atoms with Crippen molar-refractivity contribution in [1.82, 2.24) is 19.9 Å². The minimum atomic E-state index is -3.39. The van der Waals surface area contributed by atoms with Crippen LogP contribution in [-0.4, -0.2) is 34.3 Å². The number of anilines is 2. The molecule has 184 valence electrons. The molecular formula is C26H26N6O2S2. The van der Waals surface area contributed by atoms with Gasteiger partial charge in [0.05, 0.1) is 23.7 Å². The van der Waals surface area contributed by atoms with Crippen LogP contribution in [0, 0.1) is 6.92 Å². The van der Waals surface area contributed by atoms with Crippen LogP contribution in [0.25, 0.3) is 0 Å². The van der Waals surface area contributed by atoms with Crippen LogP contribution in [0.1, 0.15) is 34.6 Å². The zero-order chi connectivity index (χ0) is 25.3. The highest BCUT2D eigenvalue weighted by Crippen LogP contribution is 2.42. The Bertz CT molecular complexity index is 1490. The Kier molecular flexibility index (Phi) is 6.46. The Morgan fingerprint density at radius 3 is 2.64 bits per heavy atom. The molecule has 4 aromatic rings. The van der Waals surface area contributed by atoms with Crippen molar-refractivity contribution in [3.05, 3.63) is 108 Å². The lowest BCUT2D eigenvalue weighted by molar-refractivity contribution is 0.533. The Hall–Kier alpha value is -3.76. The number of nitrogens with one attached hydrogen (secondary N) is 2. The third-order valence-corrected chi connectivity index (χ3v) is 7.03. The van der Waals surface area contributed by atoms with E-state index in [-0.39, 0.29) is 12.1 Å². The molecule has 0 saturated carbocycles. The molecule has 4 heterocycles. The minimum Gasteiger partial charge on any atom is -0.351 e. The van der Waals surface area contributed by atoms with Crippen molar-refractivity contribution >= 4 is 38.7 Å². The lowest BCUT2D eigenvalue weighted by atomic mass is 10.0. The number of hydrogen-bond donors (Lipinski definition) is 2. The normalized spacial score (nSPS) is 17.7. The highest BCUT2D eigenvalue weighted by atomic mass is 32.2. The number of benzene rings is 1. The van der Waals surface area contributed by atoms with Crippen molar-refractivity contribution in [3.8, 4) is 0 Å². The summed E-state index contributed by atoms with van der Waals surface area (Å²) in [6, 6.07) is 19.2. The Morgan fingerprint density at radius 1 is 1.08 bits per heavy atom. The molecular weight excluding hydrogens is 492 g/mol. The molecule has 0 bridgehead atoms. The summed E-state index contributed by atoms with van der Waals surface area (Å²) in [6.07, 6.45) is 8.62. The van der Waals surface area contributed by atoms with Gasteiger partial charge in [0.1, 0.15) is 6.04 Å². The van der Waals surface area contributed by atoms with Crippen LogP contribution >= 0.6 is 12.2 Å². The second-order valence-corrected chi connectivity index (χ2v) is 10.9. The van der Waals surface area contributed by atoms with E-state index < -0.39 is 10.0 Å². The van der Waals surface area contributed by atoms with Gasteiger partial charge in [-0.2, -0.15) is 0 Å². The fourth-order valence-corrected chi connectivity index (χ4v) is 5.55. The fourth-order valence-electron chi connectivity index (χ4n) is 4.57. The van der Waals surface area contributed by atoms with Crippen molar-refractivity contribution in [2.45, 2.75) is 25.6 Å². The summed E-state index contributed by atoms with van der Waals surface area (Å²) in [5, 5.41) is 4.06. The summed E-state index contributed by atoms with van der Waals surface area (Å²) in [6.45, 7) is 2.54. The average Bonchev–Trinajstić information content (AvgIpc) is 3.44. The fraction of sp³-hybridized carbons (Fsp3) is 0.192. The van der Waals surface area contributed by atoms with E-state index in [1.807, 2.05) is 55.6 Å². The Balaban J connectivity index is 1.58. The number of pyridine rings is 2. The largest absolute Gasteiger partial charge is 0.351 e. The number of thiocarbonyl (C=S) groups is 1. The van der Waals surface area contributed by atoms with Crippen molar-refractivity contribution in [1.29, 1.82) is 0 Å². The van der Waals surface area contributed by atoms with Crippen LogP contribution in [-0.2, 0) is 16.6 Å². The van der Waals surface area contributed by atoms with Gasteiger partial charge >= 0.3 is 0 Å². The van der Waals surface area contributed by atoms with E-state index in [2.05, 4.69) is 47.8 Å². The van der Waals surface area contributed by atoms with Gasteiger partial charge < -0.3 is 14.8 Å². The zero-order valence-corrected chi connectivity index (χ0v) is 21.5. The summed E-state index contributed by atoms with van der Waals surface area (Å²) < 4.78 is 28.3. The molecule has 0 aliphatic carbocycles. The van der Waals surface area contributed by atoms with Crippen LogP contribution in [0.2, 0.25) is 0 Å². The molecule has 1 aliphatic rings. The standard InChI is InChI=1S/C26H26N6O2S2/c1-18-15-20(10-11-21(18)30-36(2,33)34)32-25(24(29-26(32)35)22-8-3-4-13-28-22)23-9-6-14-31(23)17-19-7-5-12-27-16-19/h3-16,24-25,30H,17H2,1-2H3,(H,29,35)/t24-,25-/m1/s1. The van der Waals surface area contributed by atoms with Gasteiger partial charge in [-0.05, 0) is 78.8 Å². The summed E-state index contributed by atoms with van der Waals surface area (Å²) in [5.74, 6) is 0. The van der Waals surface area contributed by atoms with Gasteiger partial charge in [-0.25, -0.2) is 8.42 Å². The molecule has 1 aromatic carbocycles. The van der Waals surface area contributed by atoms with Gasteiger partial charge in [0, 0.05) is 42.7 Å². The molecule has 0 radical (unpaired) electrons. The number of nitrogens with zero attached hydrogens (tertiary/aromatic N) is 4. The smallest absolute Gasteiger partial charge is 0.229 e. The minimum absolute atomic E-state index is 0.185. The number of aromatic nitrogens is 3. The number of aryl methyl sites for hydroxylation is 1. The first-order valence-electron chi connectivity index (χ1n) is 11.4. The van der Waals surface area contributed by atoms with E-state index in [0.29, 0.717) is 17.3 Å². The van der Waals surface area contributed by atoms with Gasteiger partial charge in [-0.1, -0.05) is 12.1 Å². The van der Waals surface area contributed by atoms with E-state index in [1.165, 1.54) is 0 Å². The molecule has 10 heteroatoms. The zero-order valence-electron chi connectivity index (χ0n) is 19.9. The molecule has 36 heavy (non-hydrogen) atoms. The molecule has 1 aliphatic heterocycles. The van der Waals surface area contributed by atoms with E-state index in [0.717, 1.165) is 34.5 Å². The molecule has 3 aromatic heterocycles. The van der Waals surface area contributed by atoms with Crippen molar-refractivity contribution in [2.24, 2.45) is 0 Å². The van der Waals surface area contributed by atoms with Gasteiger partial charge in [-0.15, -0.1) is 0 Å². The second kappa shape index (κ2) is 9.71. The molecule has 0 spiro atoms. The van der Waals surface area contributed by atoms with Gasteiger partial charge in [0.2, 0.25) is 10.0 Å². The van der Waals surface area contributed by atoms with Gasteiger partial charge in [-0.3, -0.25) is 14.7 Å². The molecule has 2 atom stereocenters. The quantitative estimate of drug-likeness (QED) is 0.355. The summed E-state index contributed by atoms with van der Waals surface area (Å²) >= 11 is 5.84. The van der Waals surface area contributed by atoms with Crippen molar-refractivity contribution in [3.63, 3.8) is 0 Å². The number of rotatable bonds is 7. The van der Waals surface area contributed by atoms with E-state index in [1.54, 1.807) is 18.5 Å². The Morgan fingerprint density at radius 2 is 1.94 bits per heavy atom. The number of sulfonamides is 1. The van der Waals surface area contributed by atoms with Crippen LogP contribution in [0.4, 0.5) is 11.4 Å². The van der Waals surface area contributed by atoms with E-state index in [4.69, 9.17) is 12.2 Å². The van der Waals surface area contributed by atoms with Crippen LogP contribution < -0.4 is 14.9 Å². The highest BCUT2D eigenvalue weighted by Gasteiger charge is 2.42. The predicted molar refractivity (Wildman–Crippen MR) is 145 cm³/mol. The topological polar surface area (TPSA) is 92.2 Å². The second-order valence-electron chi connectivity index (χ2n) is 8.79. The lowest BCUT2D eigenvalue weighted by Crippen LogP contribution is -2.30. The third-order valence-electron chi connectivity index (χ3n) is 6.12. The van der Waals surface area contributed by atoms with Crippen LogP contribution in [0.5, 0.6) is 0 Å². The first kappa shape index (κ1) is 24.0. The predicted octanol–water partition coefficient (Wildman–Crippen LogP) is 4.18. The Labute approximate surface area is 216 Å². The molecule has 0 amide bonds. The van der Waals surface area contributed by atoms with E-state index in [9.17, 15) is 8.42 Å². The van der Waals surface area contributed by atoms with Gasteiger partial charge in [0.15, 0.2) is 5.11 Å². The molecule has 1 fully saturated rings. The summed E-state index contributed by atoms with van der Waals surface area (Å²) in [5.41, 5.74) is 5.24. The molecule has 0 unspecified atom stereocenters. The first-order valence-corrected chi connectivity index (χ1v) is 13.7. The first-order chi connectivity index (χ1) is 17.3. The van der Waals surface area contributed by atoms with Crippen molar-refractivity contribution < 1.29 is 8.42 Å². The maximum Gasteiger partial charge on any atom is 0.229 e. The highest BCUT2D eigenvalue weighted by molar-refractivity contribution is 7.92. The number of hydrogen-bond acceptors (Lipinski definition) is 5. The lowest BCUT2D eigenvalue weighted by Gasteiger charge is -2.29. The SMILES string of the molecule is Cc1cc(N2C(=S)N[C@H](c3ccccn3)[C@H]2c2cccn2Cc2cccnc2)ccc1NS(C)(=O)=O. The third kappa shape index (κ3) is 4.95. The van der Waals surface area contributed by atoms with E-state index >= 15 is 0 Å². The molecule has 5 rings (SSSR count). The average molecular weight is 519 g/mol. The van der Waals surface area contributed by atoms with Crippen LogP contribution in [0.15, 0.2) is 85.5 Å². The monoisotopic (exact) mass is 518 g/mol. The summed E-state index contributed by atoms with van der Waals surface area (Å²) in [7, 11) is -3.39. The van der Waals surface area contributed by atoms with Crippen molar-refractivity contribution in [2.75, 3.05) is 15.9 Å². The molecule has 8 nitrogen and oxygen atoms in total. The van der Waals surface area contributed by atoms with Gasteiger partial charge in [0.25, 0.3) is 0 Å². The van der Waals surface area contributed by atoms with Crippen LogP contribution in [0.3, 0.4) is 0 Å². The maximum absolute atomic E-state index is 11.8. The molecule has 2 N–H and O–H groups in total. The maximum atomic E-state index is 11.8. The summed E-state index contributed by atoms with van der Waals surface area (Å²) in [4.78, 5) is 11.0. The molecule has 1 saturated heterocycles.